The van der Waals surface area contributed by atoms with Gasteiger partial charge in [-0.05, 0) is 24.3 Å². The molecule has 2 heterocycles. The summed E-state index contributed by atoms with van der Waals surface area (Å²) in [7, 11) is 0. The first-order valence-corrected chi connectivity index (χ1v) is 10.3. The Morgan fingerprint density at radius 2 is 1.84 bits per heavy atom. The van der Waals surface area contributed by atoms with Crippen LogP contribution < -0.4 is 11.2 Å². The minimum Gasteiger partial charge on any atom is -0.493 e. The van der Waals surface area contributed by atoms with Crippen LogP contribution >= 0.6 is 15.9 Å². The summed E-state index contributed by atoms with van der Waals surface area (Å²) in [6, 6.07) is 15.9. The zero-order valence-corrected chi connectivity index (χ0v) is 17.8. The molecule has 9 heteroatoms. The van der Waals surface area contributed by atoms with Crippen molar-refractivity contribution in [2.24, 2.45) is 4.99 Å². The average molecular weight is 480 g/mol. The zero-order chi connectivity index (χ0) is 21.8. The third kappa shape index (κ3) is 4.41. The minimum absolute atomic E-state index is 0.0710. The Labute approximate surface area is 185 Å². The van der Waals surface area contributed by atoms with Gasteiger partial charge in [0.25, 0.3) is 5.56 Å². The highest BCUT2D eigenvalue weighted by Gasteiger charge is 2.21. The molecular formula is C22H18BrN5O3. The van der Waals surface area contributed by atoms with Gasteiger partial charge in [0, 0.05) is 34.9 Å². The molecule has 2 aromatic heterocycles. The van der Waals surface area contributed by atoms with Crippen LogP contribution in [0.15, 0.2) is 86.2 Å². The molecule has 156 valence electrons. The molecule has 8 nitrogen and oxygen atoms in total. The lowest BCUT2D eigenvalue weighted by Crippen LogP contribution is -2.33. The summed E-state index contributed by atoms with van der Waals surface area (Å²) in [4.78, 5) is 39.2. The van der Waals surface area contributed by atoms with E-state index in [9.17, 15) is 14.7 Å². The lowest BCUT2D eigenvalue weighted by Gasteiger charge is -2.13. The number of halogens is 1. The van der Waals surface area contributed by atoms with Crippen molar-refractivity contribution in [2.75, 3.05) is 6.54 Å². The van der Waals surface area contributed by atoms with Crippen LogP contribution in [0.4, 0.5) is 0 Å². The second-order valence-corrected chi connectivity index (χ2v) is 7.61. The van der Waals surface area contributed by atoms with E-state index in [-0.39, 0.29) is 5.56 Å². The number of nitrogens with zero attached hydrogens (tertiary/aromatic N) is 3. The number of benzene rings is 2. The van der Waals surface area contributed by atoms with E-state index in [4.69, 9.17) is 0 Å². The fourth-order valence-electron chi connectivity index (χ4n) is 3.19. The van der Waals surface area contributed by atoms with Crippen LogP contribution in [0.2, 0.25) is 0 Å². The van der Waals surface area contributed by atoms with Crippen LogP contribution in [-0.2, 0) is 6.42 Å². The lowest BCUT2D eigenvalue weighted by molar-refractivity contribution is 0.430. The van der Waals surface area contributed by atoms with Crippen molar-refractivity contribution in [1.29, 1.82) is 0 Å². The Hall–Kier alpha value is -3.72. The number of nitrogens with one attached hydrogen (secondary N) is 2. The Morgan fingerprint density at radius 1 is 1.10 bits per heavy atom. The summed E-state index contributed by atoms with van der Waals surface area (Å²) < 4.78 is 1.87. The molecule has 4 rings (SSSR count). The number of aromatic nitrogens is 4. The average Bonchev–Trinajstić information content (AvgIpc) is 3.28. The third-order valence-electron chi connectivity index (χ3n) is 4.66. The molecule has 0 bridgehead atoms. The van der Waals surface area contributed by atoms with E-state index in [0.717, 1.165) is 14.7 Å². The summed E-state index contributed by atoms with van der Waals surface area (Å²) in [5.41, 5.74) is 0.734. The minimum atomic E-state index is -0.738. The Morgan fingerprint density at radius 3 is 2.52 bits per heavy atom. The van der Waals surface area contributed by atoms with Crippen LogP contribution in [0.25, 0.3) is 5.69 Å². The van der Waals surface area contributed by atoms with E-state index < -0.39 is 17.1 Å². The second-order valence-electron chi connectivity index (χ2n) is 6.69. The number of imidazole rings is 1. The molecule has 0 saturated carbocycles. The Bertz CT molecular complexity index is 1320. The SMILES string of the molecule is O=c1[nH]c(=O)n(-c2ccc(Br)cc2)c(O)c1C(=NCCc1cnc[nH]1)c1ccccc1. The van der Waals surface area contributed by atoms with Gasteiger partial charge in [0.05, 0.1) is 17.7 Å². The largest absolute Gasteiger partial charge is 0.493 e. The van der Waals surface area contributed by atoms with Gasteiger partial charge in [0.15, 0.2) is 0 Å². The zero-order valence-electron chi connectivity index (χ0n) is 16.2. The van der Waals surface area contributed by atoms with Crippen molar-refractivity contribution in [3.8, 4) is 11.6 Å². The molecule has 0 spiro atoms. The van der Waals surface area contributed by atoms with Crippen LogP contribution in [0.5, 0.6) is 5.88 Å². The van der Waals surface area contributed by atoms with Crippen molar-refractivity contribution in [1.82, 2.24) is 19.5 Å². The maximum absolute atomic E-state index is 12.8. The van der Waals surface area contributed by atoms with Crippen molar-refractivity contribution in [2.45, 2.75) is 6.42 Å². The van der Waals surface area contributed by atoms with E-state index in [0.29, 0.717) is 29.9 Å². The van der Waals surface area contributed by atoms with Gasteiger partial charge < -0.3 is 10.1 Å². The first kappa shape index (κ1) is 20.5. The predicted octanol–water partition coefficient (Wildman–Crippen LogP) is 2.80. The first-order chi connectivity index (χ1) is 15.0. The van der Waals surface area contributed by atoms with E-state index >= 15 is 0 Å². The molecular weight excluding hydrogens is 462 g/mol. The number of aromatic hydroxyl groups is 1. The monoisotopic (exact) mass is 479 g/mol. The quantitative estimate of drug-likeness (QED) is 0.368. The third-order valence-corrected chi connectivity index (χ3v) is 5.19. The smallest absolute Gasteiger partial charge is 0.335 e. The van der Waals surface area contributed by atoms with Crippen molar-refractivity contribution >= 4 is 21.6 Å². The number of hydrogen-bond donors (Lipinski definition) is 3. The number of hydrogen-bond acceptors (Lipinski definition) is 5. The van der Waals surface area contributed by atoms with E-state index in [2.05, 4.69) is 35.9 Å². The molecule has 0 aliphatic carbocycles. The molecule has 0 aliphatic heterocycles. The van der Waals surface area contributed by atoms with E-state index in [1.165, 1.54) is 0 Å². The summed E-state index contributed by atoms with van der Waals surface area (Å²) in [5.74, 6) is -0.472. The van der Waals surface area contributed by atoms with Gasteiger partial charge in [-0.2, -0.15) is 0 Å². The predicted molar refractivity (Wildman–Crippen MR) is 121 cm³/mol. The molecule has 0 fully saturated rings. The van der Waals surface area contributed by atoms with Gasteiger partial charge >= 0.3 is 5.69 Å². The van der Waals surface area contributed by atoms with Gasteiger partial charge in [-0.15, -0.1) is 0 Å². The maximum Gasteiger partial charge on any atom is 0.335 e. The van der Waals surface area contributed by atoms with Crippen molar-refractivity contribution in [3.63, 3.8) is 0 Å². The van der Waals surface area contributed by atoms with Crippen molar-refractivity contribution in [3.05, 3.63) is 109 Å². The molecule has 2 aromatic carbocycles. The molecule has 3 N–H and O–H groups in total. The van der Waals surface area contributed by atoms with Crippen LogP contribution in [-0.4, -0.2) is 36.9 Å². The lowest BCUT2D eigenvalue weighted by atomic mass is 10.0. The standard InChI is InChI=1S/C22H18BrN5O3/c23-15-6-8-17(9-7-15)28-21(30)18(20(29)27-22(28)31)19(14-4-2-1-3-5-14)25-11-10-16-12-24-13-26-16/h1-9,12-13,30H,10-11H2,(H,24,26)(H,27,29,31). The van der Waals surface area contributed by atoms with Gasteiger partial charge in [-0.3, -0.25) is 14.8 Å². The highest BCUT2D eigenvalue weighted by molar-refractivity contribution is 9.10. The molecule has 0 amide bonds. The molecule has 0 saturated heterocycles. The molecule has 0 atom stereocenters. The summed E-state index contributed by atoms with van der Waals surface area (Å²) in [6.07, 6.45) is 3.86. The van der Waals surface area contributed by atoms with Crippen LogP contribution in [0, 0.1) is 0 Å². The van der Waals surface area contributed by atoms with E-state index in [1.807, 2.05) is 18.2 Å². The molecule has 0 unspecified atom stereocenters. The highest BCUT2D eigenvalue weighted by atomic mass is 79.9. The maximum atomic E-state index is 12.8. The number of H-pyrrole nitrogens is 2. The van der Waals surface area contributed by atoms with Gasteiger partial charge in [0.1, 0.15) is 5.56 Å². The number of aliphatic imine (C=N–C) groups is 1. The molecule has 0 aliphatic rings. The highest BCUT2D eigenvalue weighted by Crippen LogP contribution is 2.21. The summed E-state index contributed by atoms with van der Waals surface area (Å²) in [5, 5.41) is 11.0. The number of rotatable bonds is 6. The van der Waals surface area contributed by atoms with Gasteiger partial charge in [-0.25, -0.2) is 14.3 Å². The molecule has 31 heavy (non-hydrogen) atoms. The fourth-order valence-corrected chi connectivity index (χ4v) is 3.45. The van der Waals surface area contributed by atoms with Crippen molar-refractivity contribution < 1.29 is 5.11 Å². The normalized spacial score (nSPS) is 11.6. The van der Waals surface area contributed by atoms with Gasteiger partial charge in [-0.1, -0.05) is 46.3 Å². The van der Waals surface area contributed by atoms with Crippen LogP contribution in [0.1, 0.15) is 16.8 Å². The summed E-state index contributed by atoms with van der Waals surface area (Å²) >= 11 is 3.35. The second kappa shape index (κ2) is 8.97. The first-order valence-electron chi connectivity index (χ1n) is 9.46. The number of aromatic amines is 2. The fraction of sp³-hybridized carbons (Fsp3) is 0.0909. The molecule has 0 radical (unpaired) electrons. The topological polar surface area (TPSA) is 116 Å². The van der Waals surface area contributed by atoms with E-state index in [1.54, 1.807) is 48.9 Å². The molecule has 4 aromatic rings. The van der Waals surface area contributed by atoms with Gasteiger partial charge in [0.2, 0.25) is 5.88 Å². The summed E-state index contributed by atoms with van der Waals surface area (Å²) in [6.45, 7) is 0.350. The van der Waals surface area contributed by atoms with Crippen LogP contribution in [0.3, 0.4) is 0 Å². The Balaban J connectivity index is 1.86. The Kier molecular flexibility index (Phi) is 5.94.